The largest absolute Gasteiger partial charge is 0.341 e. The summed E-state index contributed by atoms with van der Waals surface area (Å²) in [5.74, 6) is 0.918. The molecule has 0 amide bonds. The minimum atomic E-state index is -0.308. The highest BCUT2D eigenvalue weighted by Gasteiger charge is 2.20. The number of fused-ring (bicyclic) bond motifs is 1. The Kier molecular flexibility index (Phi) is 5.86. The third-order valence-corrected chi connectivity index (χ3v) is 6.06. The van der Waals surface area contributed by atoms with Crippen LogP contribution in [0.3, 0.4) is 0 Å². The van der Waals surface area contributed by atoms with E-state index < -0.39 is 0 Å². The minimum absolute atomic E-state index is 0.248. The number of nitrogens with zero attached hydrogens (tertiary/aromatic N) is 5. The number of hydrogen-bond acceptors (Lipinski definition) is 4. The number of nitrogens with one attached hydrogen (secondary N) is 1. The molecule has 0 atom stereocenters. The first-order valence-electron chi connectivity index (χ1n) is 11.6. The van der Waals surface area contributed by atoms with Crippen LogP contribution in [0.2, 0.25) is 0 Å². The molecule has 35 heavy (non-hydrogen) atoms. The number of anilines is 2. The number of aromatic nitrogens is 5. The Labute approximate surface area is 202 Å². The summed E-state index contributed by atoms with van der Waals surface area (Å²) in [5.41, 5.74) is 2.99. The maximum absolute atomic E-state index is 13.3. The van der Waals surface area contributed by atoms with Gasteiger partial charge in [-0.15, -0.1) is 0 Å². The average molecular weight is 469 g/mol. The minimum Gasteiger partial charge on any atom is -0.341 e. The Morgan fingerprint density at radius 2 is 1.74 bits per heavy atom. The van der Waals surface area contributed by atoms with Crippen LogP contribution >= 0.6 is 0 Å². The Hall–Kier alpha value is -4.33. The quantitative estimate of drug-likeness (QED) is 0.390. The topological polar surface area (TPSA) is 78.8 Å². The number of imidazole rings is 1. The predicted octanol–water partition coefficient (Wildman–Crippen LogP) is 4.14. The molecule has 0 radical (unpaired) electrons. The molecule has 0 saturated carbocycles. The van der Waals surface area contributed by atoms with E-state index in [2.05, 4.69) is 36.3 Å². The Bertz CT molecular complexity index is 1570. The van der Waals surface area contributed by atoms with Gasteiger partial charge < -0.3 is 14.5 Å². The van der Waals surface area contributed by atoms with Crippen molar-refractivity contribution in [2.75, 3.05) is 5.32 Å². The molecule has 3 heterocycles. The van der Waals surface area contributed by atoms with E-state index in [1.807, 2.05) is 64.0 Å². The summed E-state index contributed by atoms with van der Waals surface area (Å²) in [6.07, 6.45) is 7.33. The molecular formula is C27H28N6O2. The average Bonchev–Trinajstić information content (AvgIpc) is 3.51. The van der Waals surface area contributed by atoms with Gasteiger partial charge in [-0.05, 0) is 35.7 Å². The summed E-state index contributed by atoms with van der Waals surface area (Å²) in [4.78, 5) is 30.4. The van der Waals surface area contributed by atoms with E-state index in [4.69, 9.17) is 0 Å². The van der Waals surface area contributed by atoms with Gasteiger partial charge in [-0.25, -0.2) is 9.78 Å². The number of benzene rings is 2. The highest BCUT2D eigenvalue weighted by atomic mass is 16.2. The highest BCUT2D eigenvalue weighted by Crippen LogP contribution is 2.27. The van der Waals surface area contributed by atoms with Crippen LogP contribution in [-0.4, -0.2) is 23.3 Å². The fourth-order valence-corrected chi connectivity index (χ4v) is 4.34. The van der Waals surface area contributed by atoms with E-state index in [0.29, 0.717) is 29.8 Å². The normalized spacial score (nSPS) is 11.4. The first-order valence-corrected chi connectivity index (χ1v) is 11.6. The third-order valence-electron chi connectivity index (χ3n) is 6.06. The number of hydrogen-bond donors (Lipinski definition) is 1. The smallest absolute Gasteiger partial charge is 0.331 e. The summed E-state index contributed by atoms with van der Waals surface area (Å²) in [7, 11) is 1.54. The van der Waals surface area contributed by atoms with Gasteiger partial charge in [-0.2, -0.15) is 0 Å². The molecule has 5 rings (SSSR count). The molecule has 0 saturated heterocycles. The lowest BCUT2D eigenvalue weighted by Crippen LogP contribution is -2.38. The summed E-state index contributed by atoms with van der Waals surface area (Å²) in [5, 5.41) is 3.95. The first kappa shape index (κ1) is 22.5. The van der Waals surface area contributed by atoms with Crippen molar-refractivity contribution in [3.63, 3.8) is 0 Å². The Morgan fingerprint density at radius 1 is 1.00 bits per heavy atom. The molecule has 8 heteroatoms. The molecule has 2 aromatic carbocycles. The third kappa shape index (κ3) is 4.30. The van der Waals surface area contributed by atoms with Crippen LogP contribution in [0.15, 0.2) is 89.1 Å². The second-order valence-corrected chi connectivity index (χ2v) is 9.14. The zero-order valence-electron chi connectivity index (χ0n) is 20.0. The molecule has 3 aromatic heterocycles. The standard InChI is InChI=1S/C27H28N6O2/c1-19(2)15-33-23-17-32(16-20-9-11-22(12-10-20)31-14-13-28-18-31)25(29-21-7-5-4-6-8-21)24(23)26(34)30(3)27(33)35/h4-14,17-19,29H,15-16H2,1-3H3. The fourth-order valence-electron chi connectivity index (χ4n) is 4.34. The van der Waals surface area contributed by atoms with Crippen LogP contribution in [-0.2, 0) is 20.1 Å². The van der Waals surface area contributed by atoms with Crippen LogP contribution in [0, 0.1) is 5.92 Å². The molecule has 0 unspecified atom stereocenters. The second kappa shape index (κ2) is 9.13. The summed E-state index contributed by atoms with van der Waals surface area (Å²) >= 11 is 0. The van der Waals surface area contributed by atoms with Gasteiger partial charge in [0.25, 0.3) is 5.56 Å². The molecule has 0 aliphatic rings. The molecular weight excluding hydrogens is 440 g/mol. The predicted molar refractivity (Wildman–Crippen MR) is 139 cm³/mol. The van der Waals surface area contributed by atoms with Crippen molar-refractivity contribution in [2.24, 2.45) is 13.0 Å². The fraction of sp³-hybridized carbons (Fsp3) is 0.222. The maximum Gasteiger partial charge on any atom is 0.331 e. The summed E-state index contributed by atoms with van der Waals surface area (Å²) < 4.78 is 6.87. The van der Waals surface area contributed by atoms with Crippen molar-refractivity contribution in [3.05, 3.63) is 106 Å². The summed E-state index contributed by atoms with van der Waals surface area (Å²) in [6.45, 7) is 5.18. The van der Waals surface area contributed by atoms with Gasteiger partial charge in [0.05, 0.1) is 11.8 Å². The lowest BCUT2D eigenvalue weighted by atomic mass is 10.2. The van der Waals surface area contributed by atoms with Crippen molar-refractivity contribution in [1.82, 2.24) is 23.3 Å². The SMILES string of the molecule is CC(C)Cn1c(=O)n(C)c(=O)c2c(Nc3ccccc3)n(Cc3ccc(-n4ccnc4)cc3)cc21. The van der Waals surface area contributed by atoms with Crippen molar-refractivity contribution in [2.45, 2.75) is 26.9 Å². The van der Waals surface area contributed by atoms with Crippen LogP contribution < -0.4 is 16.6 Å². The highest BCUT2D eigenvalue weighted by molar-refractivity contribution is 5.92. The van der Waals surface area contributed by atoms with E-state index in [9.17, 15) is 9.59 Å². The second-order valence-electron chi connectivity index (χ2n) is 9.14. The molecule has 0 fully saturated rings. The van der Waals surface area contributed by atoms with E-state index in [-0.39, 0.29) is 17.2 Å². The van der Waals surface area contributed by atoms with E-state index in [1.165, 1.54) is 4.57 Å². The van der Waals surface area contributed by atoms with Gasteiger partial charge >= 0.3 is 5.69 Å². The van der Waals surface area contributed by atoms with Gasteiger partial charge in [-0.3, -0.25) is 13.9 Å². The monoisotopic (exact) mass is 468 g/mol. The number of rotatable bonds is 7. The molecule has 8 nitrogen and oxygen atoms in total. The van der Waals surface area contributed by atoms with Crippen molar-refractivity contribution in [3.8, 4) is 5.69 Å². The van der Waals surface area contributed by atoms with E-state index in [1.54, 1.807) is 24.1 Å². The lowest BCUT2D eigenvalue weighted by molar-refractivity contribution is 0.502. The van der Waals surface area contributed by atoms with Crippen LogP contribution in [0.1, 0.15) is 19.4 Å². The number of para-hydroxylation sites is 1. The zero-order valence-corrected chi connectivity index (χ0v) is 20.0. The maximum atomic E-state index is 13.3. The van der Waals surface area contributed by atoms with Gasteiger partial charge in [-0.1, -0.05) is 44.2 Å². The molecule has 0 spiro atoms. The Balaban J connectivity index is 1.65. The van der Waals surface area contributed by atoms with Gasteiger partial charge in [0, 0.05) is 50.1 Å². The Morgan fingerprint density at radius 3 is 2.40 bits per heavy atom. The van der Waals surface area contributed by atoms with Crippen LogP contribution in [0.5, 0.6) is 0 Å². The first-order chi connectivity index (χ1) is 16.9. The molecule has 1 N–H and O–H groups in total. The summed E-state index contributed by atoms with van der Waals surface area (Å²) in [6, 6.07) is 17.9. The molecule has 0 aliphatic heterocycles. The van der Waals surface area contributed by atoms with Crippen molar-refractivity contribution < 1.29 is 0 Å². The molecule has 5 aromatic rings. The van der Waals surface area contributed by atoms with Gasteiger partial charge in [0.15, 0.2) is 0 Å². The zero-order chi connectivity index (χ0) is 24.5. The molecule has 0 aliphatic carbocycles. The van der Waals surface area contributed by atoms with E-state index >= 15 is 0 Å². The lowest BCUT2D eigenvalue weighted by Gasteiger charge is -2.13. The van der Waals surface area contributed by atoms with Crippen molar-refractivity contribution in [1.29, 1.82) is 0 Å². The van der Waals surface area contributed by atoms with Gasteiger partial charge in [0.1, 0.15) is 11.2 Å². The van der Waals surface area contributed by atoms with Gasteiger partial charge in [0.2, 0.25) is 0 Å². The molecule has 178 valence electrons. The van der Waals surface area contributed by atoms with Crippen LogP contribution in [0.25, 0.3) is 16.6 Å². The molecule has 0 bridgehead atoms. The van der Waals surface area contributed by atoms with E-state index in [0.717, 1.165) is 16.9 Å². The van der Waals surface area contributed by atoms with Crippen LogP contribution in [0.4, 0.5) is 11.5 Å². The van der Waals surface area contributed by atoms with Crippen molar-refractivity contribution >= 4 is 22.4 Å².